The summed E-state index contributed by atoms with van der Waals surface area (Å²) in [5.74, 6) is -1.61. The van der Waals surface area contributed by atoms with Gasteiger partial charge >= 0.3 is 12.1 Å². The minimum absolute atomic E-state index is 0.0564. The van der Waals surface area contributed by atoms with Crippen LogP contribution in [0, 0.1) is 11.8 Å². The van der Waals surface area contributed by atoms with Gasteiger partial charge in [-0.3, -0.25) is 9.59 Å². The van der Waals surface area contributed by atoms with Gasteiger partial charge < -0.3 is 30.5 Å². The zero-order chi connectivity index (χ0) is 30.7. The van der Waals surface area contributed by atoms with Gasteiger partial charge in [0.15, 0.2) is 0 Å². The SMILES string of the molecule is C=CC[C@H](CC(=O)N[C@H](C)CO)C(=O)N[C@H](COC(=O)[C@@H](CC=C)NC(=O)OCc1ccccc1)CC1CCCCC1. The molecule has 0 spiro atoms. The molecule has 42 heavy (non-hydrogen) atoms. The van der Waals surface area contributed by atoms with Crippen LogP contribution in [0.3, 0.4) is 0 Å². The Balaban J connectivity index is 2.01. The third-order valence-corrected chi connectivity index (χ3v) is 7.24. The monoisotopic (exact) mass is 585 g/mol. The minimum Gasteiger partial charge on any atom is -0.462 e. The number of benzene rings is 1. The van der Waals surface area contributed by atoms with E-state index in [-0.39, 0.29) is 44.5 Å². The van der Waals surface area contributed by atoms with E-state index in [2.05, 4.69) is 29.1 Å². The number of hydrogen-bond acceptors (Lipinski definition) is 7. The second kappa shape index (κ2) is 19.5. The van der Waals surface area contributed by atoms with Gasteiger partial charge in [0.1, 0.15) is 19.3 Å². The molecule has 4 atom stereocenters. The first kappa shape index (κ1) is 34.5. The molecule has 10 nitrogen and oxygen atoms in total. The second-order valence-electron chi connectivity index (χ2n) is 10.9. The number of aliphatic hydroxyl groups is 1. The summed E-state index contributed by atoms with van der Waals surface area (Å²) >= 11 is 0. The van der Waals surface area contributed by atoms with Gasteiger partial charge in [-0.15, -0.1) is 13.2 Å². The van der Waals surface area contributed by atoms with Crippen LogP contribution in [0.25, 0.3) is 0 Å². The van der Waals surface area contributed by atoms with Crippen LogP contribution in [0.2, 0.25) is 0 Å². The lowest BCUT2D eigenvalue weighted by Crippen LogP contribution is -2.46. The van der Waals surface area contributed by atoms with Gasteiger partial charge in [-0.25, -0.2) is 9.59 Å². The van der Waals surface area contributed by atoms with Crippen molar-refractivity contribution in [1.82, 2.24) is 16.0 Å². The van der Waals surface area contributed by atoms with Crippen LogP contribution >= 0.6 is 0 Å². The van der Waals surface area contributed by atoms with Crippen molar-refractivity contribution < 1.29 is 33.8 Å². The molecular weight excluding hydrogens is 538 g/mol. The van der Waals surface area contributed by atoms with Crippen molar-refractivity contribution in [2.45, 2.75) is 89.4 Å². The highest BCUT2D eigenvalue weighted by Gasteiger charge is 2.28. The van der Waals surface area contributed by atoms with E-state index in [1.165, 1.54) is 12.5 Å². The van der Waals surface area contributed by atoms with Crippen LogP contribution in [0.15, 0.2) is 55.6 Å². The molecule has 0 aromatic heterocycles. The number of rotatable bonds is 18. The van der Waals surface area contributed by atoms with Gasteiger partial charge in [0.2, 0.25) is 11.8 Å². The van der Waals surface area contributed by atoms with E-state index in [1.54, 1.807) is 13.0 Å². The zero-order valence-electron chi connectivity index (χ0n) is 24.7. The van der Waals surface area contributed by atoms with Crippen molar-refractivity contribution in [3.63, 3.8) is 0 Å². The number of alkyl carbamates (subject to hydrolysis) is 1. The number of esters is 1. The molecule has 1 aromatic carbocycles. The zero-order valence-corrected chi connectivity index (χ0v) is 24.7. The number of carbonyl (C=O) groups excluding carboxylic acids is 4. The number of nitrogens with one attached hydrogen (secondary N) is 3. The number of carbonyl (C=O) groups is 4. The van der Waals surface area contributed by atoms with E-state index in [9.17, 15) is 24.3 Å². The van der Waals surface area contributed by atoms with Crippen molar-refractivity contribution in [3.8, 4) is 0 Å². The van der Waals surface area contributed by atoms with Crippen molar-refractivity contribution in [2.24, 2.45) is 11.8 Å². The van der Waals surface area contributed by atoms with Gasteiger partial charge in [-0.2, -0.15) is 0 Å². The molecule has 0 aliphatic heterocycles. The molecule has 232 valence electrons. The Morgan fingerprint density at radius 3 is 2.31 bits per heavy atom. The van der Waals surface area contributed by atoms with Gasteiger partial charge in [0, 0.05) is 12.5 Å². The molecule has 0 saturated heterocycles. The van der Waals surface area contributed by atoms with Crippen LogP contribution in [0.5, 0.6) is 0 Å². The number of allylic oxidation sites excluding steroid dienone is 1. The van der Waals surface area contributed by atoms with Crippen molar-refractivity contribution in [3.05, 3.63) is 61.2 Å². The van der Waals surface area contributed by atoms with E-state index in [0.29, 0.717) is 18.8 Å². The highest BCUT2D eigenvalue weighted by Crippen LogP contribution is 2.27. The molecule has 1 aromatic rings. The van der Waals surface area contributed by atoms with E-state index < -0.39 is 36.1 Å². The van der Waals surface area contributed by atoms with Gasteiger partial charge in [0.05, 0.1) is 18.6 Å². The molecule has 0 bridgehead atoms. The maximum Gasteiger partial charge on any atom is 0.408 e. The van der Waals surface area contributed by atoms with Crippen LogP contribution in [-0.4, -0.2) is 60.3 Å². The highest BCUT2D eigenvalue weighted by molar-refractivity contribution is 5.86. The van der Waals surface area contributed by atoms with Crippen molar-refractivity contribution in [1.29, 1.82) is 0 Å². The average molecular weight is 586 g/mol. The van der Waals surface area contributed by atoms with Gasteiger partial charge in [0.25, 0.3) is 0 Å². The fourth-order valence-corrected chi connectivity index (χ4v) is 4.97. The Hall–Kier alpha value is -3.66. The van der Waals surface area contributed by atoms with Crippen LogP contribution < -0.4 is 16.0 Å². The normalized spacial score (nSPS) is 16.1. The Kier molecular flexibility index (Phi) is 16.0. The Morgan fingerprint density at radius 2 is 1.67 bits per heavy atom. The number of hydrogen-bond donors (Lipinski definition) is 4. The minimum atomic E-state index is -0.998. The summed E-state index contributed by atoms with van der Waals surface area (Å²) in [5.41, 5.74) is 0.812. The van der Waals surface area contributed by atoms with Crippen LogP contribution in [-0.2, 0) is 30.5 Å². The molecule has 10 heteroatoms. The summed E-state index contributed by atoms with van der Waals surface area (Å²) in [4.78, 5) is 51.1. The van der Waals surface area contributed by atoms with E-state index in [0.717, 1.165) is 31.2 Å². The summed E-state index contributed by atoms with van der Waals surface area (Å²) in [5, 5.41) is 17.4. The molecule has 3 amide bonds. The topological polar surface area (TPSA) is 143 Å². The third kappa shape index (κ3) is 13.3. The molecule has 0 radical (unpaired) electrons. The van der Waals surface area contributed by atoms with Gasteiger partial charge in [-0.1, -0.05) is 74.6 Å². The summed E-state index contributed by atoms with van der Waals surface area (Å²) in [7, 11) is 0. The number of amides is 3. The summed E-state index contributed by atoms with van der Waals surface area (Å²) < 4.78 is 10.9. The van der Waals surface area contributed by atoms with Crippen molar-refractivity contribution in [2.75, 3.05) is 13.2 Å². The summed E-state index contributed by atoms with van der Waals surface area (Å²) in [6.45, 7) is 8.83. The first-order valence-electron chi connectivity index (χ1n) is 14.8. The predicted molar refractivity (Wildman–Crippen MR) is 160 cm³/mol. The van der Waals surface area contributed by atoms with Crippen LogP contribution in [0.4, 0.5) is 4.79 Å². The quantitative estimate of drug-likeness (QED) is 0.151. The lowest BCUT2D eigenvalue weighted by atomic mass is 9.84. The summed E-state index contributed by atoms with van der Waals surface area (Å²) in [6, 6.07) is 7.30. The Morgan fingerprint density at radius 1 is 0.976 bits per heavy atom. The molecule has 0 unspecified atom stereocenters. The Labute approximate surface area is 249 Å². The Bertz CT molecular complexity index is 1010. The van der Waals surface area contributed by atoms with E-state index in [1.807, 2.05) is 30.3 Å². The summed E-state index contributed by atoms with van der Waals surface area (Å²) in [6.07, 6.45) is 8.82. The second-order valence-corrected chi connectivity index (χ2v) is 10.9. The first-order valence-corrected chi connectivity index (χ1v) is 14.8. The molecule has 4 N–H and O–H groups in total. The third-order valence-electron chi connectivity index (χ3n) is 7.24. The molecule has 1 aliphatic carbocycles. The first-order chi connectivity index (χ1) is 20.2. The maximum atomic E-state index is 13.3. The fourth-order valence-electron chi connectivity index (χ4n) is 4.97. The predicted octanol–water partition coefficient (Wildman–Crippen LogP) is 3.94. The largest absolute Gasteiger partial charge is 0.462 e. The molecule has 1 saturated carbocycles. The molecule has 0 heterocycles. The average Bonchev–Trinajstić information content (AvgIpc) is 2.99. The smallest absolute Gasteiger partial charge is 0.408 e. The standard InChI is InChI=1S/C32H47N3O7/c1-4-12-26(19-29(37)33-23(3)20-36)30(38)34-27(18-24-14-8-6-9-15-24)22-41-31(39)28(13-5-2)35-32(40)42-21-25-16-10-7-11-17-25/h4-5,7,10-11,16-17,23-24,26-28,36H,1-2,6,8-9,12-15,18-22H2,3H3,(H,33,37)(H,34,38)(H,35,40)/t23-,26-,27+,28-/m1/s1. The molecule has 1 fully saturated rings. The number of aliphatic hydroxyl groups excluding tert-OH is 1. The van der Waals surface area contributed by atoms with E-state index >= 15 is 0 Å². The van der Waals surface area contributed by atoms with Crippen LogP contribution in [0.1, 0.15) is 70.3 Å². The maximum absolute atomic E-state index is 13.3. The number of ether oxygens (including phenoxy) is 2. The molecule has 1 aliphatic rings. The van der Waals surface area contributed by atoms with E-state index in [4.69, 9.17) is 9.47 Å². The van der Waals surface area contributed by atoms with Crippen molar-refractivity contribution >= 4 is 23.9 Å². The molecule has 2 rings (SSSR count). The molecular formula is C32H47N3O7. The lowest BCUT2D eigenvalue weighted by molar-refractivity contribution is -0.147. The van der Waals surface area contributed by atoms with Gasteiger partial charge in [-0.05, 0) is 37.7 Å². The lowest BCUT2D eigenvalue weighted by Gasteiger charge is -2.28. The highest BCUT2D eigenvalue weighted by atomic mass is 16.6. The fraction of sp³-hybridized carbons (Fsp3) is 0.562.